The van der Waals surface area contributed by atoms with E-state index in [1.165, 1.54) is 5.56 Å². The van der Waals surface area contributed by atoms with Crippen LogP contribution in [0.1, 0.15) is 11.1 Å². The molecule has 0 amide bonds. The molecule has 44 valence electrons. The molecule has 0 saturated carbocycles. The summed E-state index contributed by atoms with van der Waals surface area (Å²) in [5.41, 5.74) is 2.27. The lowest BCUT2D eigenvalue weighted by molar-refractivity contribution is 0.984. The lowest BCUT2D eigenvalue weighted by Gasteiger charge is -1.89. The summed E-state index contributed by atoms with van der Waals surface area (Å²) in [5, 5.41) is 7.44. The molecule has 0 bridgehead atoms. The molecule has 0 unspecified atom stereocenters. The van der Waals surface area contributed by atoms with E-state index in [0.29, 0.717) is 0 Å². The van der Waals surface area contributed by atoms with E-state index in [1.807, 2.05) is 6.21 Å². The van der Waals surface area contributed by atoms with E-state index >= 15 is 0 Å². The van der Waals surface area contributed by atoms with Crippen molar-refractivity contribution in [3.05, 3.63) is 23.5 Å². The highest BCUT2D eigenvalue weighted by Crippen LogP contribution is 2.09. The zero-order valence-electron chi connectivity index (χ0n) is 4.78. The fraction of sp³-hybridized carbons (Fsp3) is 0.167. The van der Waals surface area contributed by atoms with Gasteiger partial charge < -0.3 is 0 Å². The first-order valence-electron chi connectivity index (χ1n) is 2.76. The Morgan fingerprint density at radius 1 is 1.22 bits per heavy atom. The molecule has 1 aliphatic rings. The average Bonchev–Trinajstić information content (AvgIpc) is 2.33. The standard InChI is InChI=1S/C6H5N3/c1-5-3-8-9-4-6(5)2-7-1/h1,3-4H,2H2. The number of hydrogen-bond acceptors (Lipinski definition) is 3. The summed E-state index contributed by atoms with van der Waals surface area (Å²) in [5.74, 6) is 0. The lowest BCUT2D eigenvalue weighted by atomic mass is 10.2. The molecular weight excluding hydrogens is 114 g/mol. The van der Waals surface area contributed by atoms with Crippen LogP contribution in [0.4, 0.5) is 0 Å². The summed E-state index contributed by atoms with van der Waals surface area (Å²) >= 11 is 0. The minimum Gasteiger partial charge on any atom is -0.288 e. The molecule has 0 aliphatic carbocycles. The number of hydrogen-bond donors (Lipinski definition) is 0. The molecule has 3 nitrogen and oxygen atoms in total. The normalized spacial score (nSPS) is 13.8. The van der Waals surface area contributed by atoms with Gasteiger partial charge in [0.15, 0.2) is 0 Å². The SMILES string of the molecule is C1=NCc2cnncc21. The van der Waals surface area contributed by atoms with Gasteiger partial charge in [-0.2, -0.15) is 10.2 Å². The molecule has 1 aliphatic heterocycles. The van der Waals surface area contributed by atoms with Crippen LogP contribution in [0.2, 0.25) is 0 Å². The van der Waals surface area contributed by atoms with Gasteiger partial charge >= 0.3 is 0 Å². The van der Waals surface area contributed by atoms with Crippen molar-refractivity contribution in [1.82, 2.24) is 10.2 Å². The molecule has 2 rings (SSSR count). The summed E-state index contributed by atoms with van der Waals surface area (Å²) < 4.78 is 0. The summed E-state index contributed by atoms with van der Waals surface area (Å²) in [6, 6.07) is 0. The van der Waals surface area contributed by atoms with Crippen LogP contribution in [0.5, 0.6) is 0 Å². The Morgan fingerprint density at radius 3 is 3.00 bits per heavy atom. The molecule has 0 atom stereocenters. The minimum atomic E-state index is 0.769. The average molecular weight is 119 g/mol. The Bertz CT molecular complexity index is 254. The van der Waals surface area contributed by atoms with Crippen molar-refractivity contribution < 1.29 is 0 Å². The second-order valence-electron chi connectivity index (χ2n) is 1.94. The van der Waals surface area contributed by atoms with Gasteiger partial charge in [-0.15, -0.1) is 0 Å². The third kappa shape index (κ3) is 0.614. The van der Waals surface area contributed by atoms with Crippen LogP contribution in [0.25, 0.3) is 0 Å². The summed E-state index contributed by atoms with van der Waals surface area (Å²) in [7, 11) is 0. The molecule has 9 heavy (non-hydrogen) atoms. The second kappa shape index (κ2) is 1.62. The van der Waals surface area contributed by atoms with Gasteiger partial charge in [-0.1, -0.05) is 0 Å². The van der Waals surface area contributed by atoms with Crippen molar-refractivity contribution in [3.8, 4) is 0 Å². The van der Waals surface area contributed by atoms with Gasteiger partial charge in [-0.25, -0.2) is 0 Å². The Hall–Kier alpha value is -1.25. The van der Waals surface area contributed by atoms with Crippen LogP contribution >= 0.6 is 0 Å². The first-order chi connectivity index (χ1) is 4.47. The maximum Gasteiger partial charge on any atom is 0.0662 e. The highest BCUT2D eigenvalue weighted by atomic mass is 15.1. The monoisotopic (exact) mass is 119 g/mol. The van der Waals surface area contributed by atoms with Gasteiger partial charge in [0.05, 0.1) is 18.9 Å². The van der Waals surface area contributed by atoms with Crippen molar-refractivity contribution in [2.24, 2.45) is 4.99 Å². The summed E-state index contributed by atoms with van der Waals surface area (Å²) in [6.07, 6.45) is 5.30. The van der Waals surface area contributed by atoms with Gasteiger partial charge in [-0.05, 0) is 0 Å². The van der Waals surface area contributed by atoms with Gasteiger partial charge in [0, 0.05) is 17.3 Å². The number of aliphatic imine (C=N–C) groups is 1. The number of fused-ring (bicyclic) bond motifs is 1. The fourth-order valence-electron chi connectivity index (χ4n) is 0.847. The first-order valence-corrected chi connectivity index (χ1v) is 2.76. The number of nitrogens with zero attached hydrogens (tertiary/aromatic N) is 3. The Balaban J connectivity index is 2.63. The van der Waals surface area contributed by atoms with Gasteiger partial charge in [0.25, 0.3) is 0 Å². The Kier molecular flexibility index (Phi) is 0.828. The van der Waals surface area contributed by atoms with Crippen LogP contribution in [0.3, 0.4) is 0 Å². The number of aromatic nitrogens is 2. The third-order valence-electron chi connectivity index (χ3n) is 1.34. The van der Waals surface area contributed by atoms with E-state index in [9.17, 15) is 0 Å². The highest BCUT2D eigenvalue weighted by Gasteiger charge is 2.03. The van der Waals surface area contributed by atoms with Crippen molar-refractivity contribution >= 4 is 6.21 Å². The van der Waals surface area contributed by atoms with Crippen LogP contribution in [0, 0.1) is 0 Å². The largest absolute Gasteiger partial charge is 0.288 e. The molecule has 0 saturated heterocycles. The number of rotatable bonds is 0. The molecule has 1 aromatic heterocycles. The quantitative estimate of drug-likeness (QED) is 0.496. The predicted molar refractivity (Wildman–Crippen MR) is 33.3 cm³/mol. The molecule has 0 N–H and O–H groups in total. The van der Waals surface area contributed by atoms with Crippen molar-refractivity contribution in [2.75, 3.05) is 0 Å². The lowest BCUT2D eigenvalue weighted by Crippen LogP contribution is -1.87. The maximum atomic E-state index is 4.05. The van der Waals surface area contributed by atoms with Crippen molar-refractivity contribution in [3.63, 3.8) is 0 Å². The molecule has 1 aromatic rings. The van der Waals surface area contributed by atoms with E-state index in [2.05, 4.69) is 15.2 Å². The van der Waals surface area contributed by atoms with E-state index in [1.54, 1.807) is 12.4 Å². The molecule has 0 radical (unpaired) electrons. The minimum absolute atomic E-state index is 0.769. The zero-order valence-corrected chi connectivity index (χ0v) is 4.78. The zero-order chi connectivity index (χ0) is 6.10. The molecule has 0 aromatic carbocycles. The van der Waals surface area contributed by atoms with E-state index < -0.39 is 0 Å². The first kappa shape index (κ1) is 4.61. The van der Waals surface area contributed by atoms with Crippen molar-refractivity contribution in [2.45, 2.75) is 6.54 Å². The summed E-state index contributed by atoms with van der Waals surface area (Å²) in [6.45, 7) is 0.769. The van der Waals surface area contributed by atoms with Crippen LogP contribution in [0.15, 0.2) is 17.4 Å². The molecule has 0 spiro atoms. The van der Waals surface area contributed by atoms with Crippen LogP contribution < -0.4 is 0 Å². The van der Waals surface area contributed by atoms with Crippen LogP contribution in [-0.4, -0.2) is 16.4 Å². The predicted octanol–water partition coefficient (Wildman–Crippen LogP) is 0.409. The van der Waals surface area contributed by atoms with Gasteiger partial charge in [0.2, 0.25) is 0 Å². The maximum absolute atomic E-state index is 4.05. The molecule has 0 fully saturated rings. The highest BCUT2D eigenvalue weighted by molar-refractivity contribution is 5.83. The smallest absolute Gasteiger partial charge is 0.0662 e. The van der Waals surface area contributed by atoms with Crippen LogP contribution in [-0.2, 0) is 6.54 Å². The van der Waals surface area contributed by atoms with E-state index in [-0.39, 0.29) is 0 Å². The topological polar surface area (TPSA) is 38.1 Å². The molecule has 2 heterocycles. The van der Waals surface area contributed by atoms with Gasteiger partial charge in [-0.3, -0.25) is 4.99 Å². The second-order valence-corrected chi connectivity index (χ2v) is 1.94. The summed E-state index contributed by atoms with van der Waals surface area (Å²) in [4.78, 5) is 4.05. The third-order valence-corrected chi connectivity index (χ3v) is 1.34. The molecular formula is C6H5N3. The van der Waals surface area contributed by atoms with E-state index in [4.69, 9.17) is 0 Å². The van der Waals surface area contributed by atoms with Crippen molar-refractivity contribution in [1.29, 1.82) is 0 Å². The van der Waals surface area contributed by atoms with Gasteiger partial charge in [0.1, 0.15) is 0 Å². The Morgan fingerprint density at radius 2 is 2.11 bits per heavy atom. The Labute approximate surface area is 52.5 Å². The molecule has 3 heteroatoms. The fourth-order valence-corrected chi connectivity index (χ4v) is 0.847. The van der Waals surface area contributed by atoms with E-state index in [0.717, 1.165) is 12.1 Å².